The molecule has 0 aromatic heterocycles. The maximum Gasteiger partial charge on any atom is 0.416 e. The minimum Gasteiger partial charge on any atom is -0.455 e. The molecule has 22 heavy (non-hydrogen) atoms. The summed E-state index contributed by atoms with van der Waals surface area (Å²) in [6.07, 6.45) is 0.0118. The van der Waals surface area contributed by atoms with Gasteiger partial charge in [-0.3, -0.25) is 4.79 Å². The van der Waals surface area contributed by atoms with Gasteiger partial charge in [-0.15, -0.1) is 0 Å². The average molecular weight is 374 g/mol. The Kier molecular flexibility index (Phi) is 3.76. The number of ether oxygens (including phenoxy) is 1. The molecule has 0 bridgehead atoms. The van der Waals surface area contributed by atoms with E-state index >= 15 is 0 Å². The molecule has 0 saturated heterocycles. The van der Waals surface area contributed by atoms with Gasteiger partial charge in [-0.2, -0.15) is 13.2 Å². The maximum atomic E-state index is 12.9. The number of hydrogen-bond acceptors (Lipinski definition) is 3. The molecule has 0 spiro atoms. The van der Waals surface area contributed by atoms with Crippen molar-refractivity contribution in [2.24, 2.45) is 0 Å². The lowest BCUT2D eigenvalue weighted by Crippen LogP contribution is -2.15. The van der Waals surface area contributed by atoms with Crippen LogP contribution in [-0.4, -0.2) is 22.2 Å². The quantitative estimate of drug-likeness (QED) is 0.736. The number of carbonyl (C=O) groups excluding carboxylic acids is 1. The SMILES string of the molecule is O=C1C(c2cccc(C(F)(F)F)c2)=C(N2C=CCC2)OC1Br. The molecular formula is C15H11BrF3NO2. The number of alkyl halides is 4. The molecule has 0 aliphatic carbocycles. The van der Waals surface area contributed by atoms with Crippen molar-refractivity contribution in [3.05, 3.63) is 53.6 Å². The van der Waals surface area contributed by atoms with E-state index in [1.54, 1.807) is 11.1 Å². The van der Waals surface area contributed by atoms with Crippen molar-refractivity contribution < 1.29 is 22.7 Å². The third kappa shape index (κ3) is 2.65. The highest BCUT2D eigenvalue weighted by Gasteiger charge is 2.38. The van der Waals surface area contributed by atoms with Crippen molar-refractivity contribution in [2.45, 2.75) is 17.6 Å². The van der Waals surface area contributed by atoms with Crippen LogP contribution in [0, 0.1) is 0 Å². The Balaban J connectivity index is 2.08. The van der Waals surface area contributed by atoms with Crippen molar-refractivity contribution in [1.29, 1.82) is 0 Å². The Labute approximate surface area is 133 Å². The monoisotopic (exact) mass is 373 g/mol. The number of benzene rings is 1. The van der Waals surface area contributed by atoms with Crippen LogP contribution in [0.2, 0.25) is 0 Å². The van der Waals surface area contributed by atoms with Gasteiger partial charge in [0.25, 0.3) is 0 Å². The Hall–Kier alpha value is -1.76. The number of Topliss-reactive ketones (excluding diaryl/α,β-unsaturated/α-hetero) is 1. The highest BCUT2D eigenvalue weighted by atomic mass is 79.9. The smallest absolute Gasteiger partial charge is 0.416 e. The number of halogens is 4. The average Bonchev–Trinajstić information content (AvgIpc) is 3.08. The zero-order valence-corrected chi connectivity index (χ0v) is 12.8. The predicted octanol–water partition coefficient (Wildman–Crippen LogP) is 3.91. The second kappa shape index (κ2) is 5.46. The van der Waals surface area contributed by atoms with Gasteiger partial charge in [-0.1, -0.05) is 18.2 Å². The van der Waals surface area contributed by atoms with E-state index < -0.39 is 16.8 Å². The molecule has 2 aliphatic rings. The standard InChI is InChI=1S/C15H11BrF3NO2/c16-13-12(21)11(14(22-13)20-6-1-2-7-20)9-4-3-5-10(8-9)15(17,18)19/h1,3-6,8,13H,2,7H2. The van der Waals surface area contributed by atoms with Crippen molar-refractivity contribution >= 4 is 27.3 Å². The van der Waals surface area contributed by atoms with Gasteiger partial charge in [0.2, 0.25) is 16.7 Å². The molecule has 2 heterocycles. The number of carbonyl (C=O) groups is 1. The van der Waals surface area contributed by atoms with E-state index in [-0.39, 0.29) is 16.9 Å². The van der Waals surface area contributed by atoms with E-state index in [0.29, 0.717) is 12.4 Å². The summed E-state index contributed by atoms with van der Waals surface area (Å²) < 4.78 is 44.1. The van der Waals surface area contributed by atoms with Crippen LogP contribution in [0.15, 0.2) is 42.4 Å². The van der Waals surface area contributed by atoms with Crippen molar-refractivity contribution in [3.8, 4) is 0 Å². The molecule has 1 aromatic carbocycles. The van der Waals surface area contributed by atoms with Gasteiger partial charge in [0, 0.05) is 12.7 Å². The van der Waals surface area contributed by atoms with Crippen LogP contribution in [0.4, 0.5) is 13.2 Å². The molecule has 2 aliphatic heterocycles. The topological polar surface area (TPSA) is 29.5 Å². The van der Waals surface area contributed by atoms with Crippen molar-refractivity contribution in [3.63, 3.8) is 0 Å². The van der Waals surface area contributed by atoms with E-state index in [4.69, 9.17) is 4.74 Å². The summed E-state index contributed by atoms with van der Waals surface area (Å²) >= 11 is 3.10. The zero-order valence-electron chi connectivity index (χ0n) is 11.2. The minimum absolute atomic E-state index is 0.166. The van der Waals surface area contributed by atoms with Gasteiger partial charge in [0.1, 0.15) is 0 Å². The third-order valence-electron chi connectivity index (χ3n) is 3.44. The van der Waals surface area contributed by atoms with Crippen LogP contribution in [-0.2, 0) is 15.7 Å². The van der Waals surface area contributed by atoms with Gasteiger partial charge < -0.3 is 9.64 Å². The van der Waals surface area contributed by atoms with E-state index in [9.17, 15) is 18.0 Å². The van der Waals surface area contributed by atoms with Crippen LogP contribution in [0.3, 0.4) is 0 Å². The van der Waals surface area contributed by atoms with Crippen LogP contribution in [0.25, 0.3) is 5.57 Å². The highest BCUT2D eigenvalue weighted by Crippen LogP contribution is 2.37. The fourth-order valence-electron chi connectivity index (χ4n) is 2.42. The van der Waals surface area contributed by atoms with Crippen LogP contribution >= 0.6 is 15.9 Å². The molecule has 1 aromatic rings. The van der Waals surface area contributed by atoms with Crippen molar-refractivity contribution in [1.82, 2.24) is 4.90 Å². The largest absolute Gasteiger partial charge is 0.455 e. The third-order valence-corrected chi connectivity index (χ3v) is 4.05. The summed E-state index contributed by atoms with van der Waals surface area (Å²) in [6, 6.07) is 4.72. The molecule has 0 fully saturated rings. The normalized spacial score (nSPS) is 21.7. The summed E-state index contributed by atoms with van der Waals surface area (Å²) in [6.45, 7) is 0.630. The summed E-state index contributed by atoms with van der Waals surface area (Å²) in [4.78, 5) is 14.0. The minimum atomic E-state index is -4.46. The second-order valence-corrected chi connectivity index (χ2v) is 5.76. The Bertz CT molecular complexity index is 682. The Morgan fingerprint density at radius 2 is 2.09 bits per heavy atom. The maximum absolute atomic E-state index is 12.9. The number of nitrogens with zero attached hydrogens (tertiary/aromatic N) is 1. The molecular weight excluding hydrogens is 363 g/mol. The van der Waals surface area contributed by atoms with Crippen LogP contribution < -0.4 is 0 Å². The molecule has 0 amide bonds. The van der Waals surface area contributed by atoms with Crippen molar-refractivity contribution in [2.75, 3.05) is 6.54 Å². The zero-order chi connectivity index (χ0) is 15.9. The first-order valence-electron chi connectivity index (χ1n) is 6.58. The number of hydrogen-bond donors (Lipinski definition) is 0. The van der Waals surface area contributed by atoms with Gasteiger partial charge in [0.05, 0.1) is 11.1 Å². The van der Waals surface area contributed by atoms with Gasteiger partial charge >= 0.3 is 6.18 Å². The van der Waals surface area contributed by atoms with E-state index in [0.717, 1.165) is 18.6 Å². The molecule has 0 radical (unpaired) electrons. The summed E-state index contributed by atoms with van der Waals surface area (Å²) in [5.41, 5.74) is -0.420. The molecule has 0 saturated carbocycles. The summed E-state index contributed by atoms with van der Waals surface area (Å²) in [5.74, 6) is -0.0884. The van der Waals surface area contributed by atoms with Gasteiger partial charge in [-0.25, -0.2) is 0 Å². The predicted molar refractivity (Wildman–Crippen MR) is 77.6 cm³/mol. The fourth-order valence-corrected chi connectivity index (χ4v) is 2.82. The lowest BCUT2D eigenvalue weighted by Gasteiger charge is -2.18. The van der Waals surface area contributed by atoms with E-state index in [2.05, 4.69) is 15.9 Å². The Morgan fingerprint density at radius 3 is 2.73 bits per heavy atom. The highest BCUT2D eigenvalue weighted by molar-refractivity contribution is 9.09. The molecule has 1 unspecified atom stereocenters. The first-order valence-corrected chi connectivity index (χ1v) is 7.49. The Morgan fingerprint density at radius 1 is 1.32 bits per heavy atom. The molecule has 3 rings (SSSR count). The van der Waals surface area contributed by atoms with E-state index in [1.807, 2.05) is 6.08 Å². The summed E-state index contributed by atoms with van der Waals surface area (Å²) in [5, 5.41) is -0.874. The number of ketones is 1. The fraction of sp³-hybridized carbons (Fsp3) is 0.267. The van der Waals surface area contributed by atoms with Gasteiger partial charge in [0.15, 0.2) is 0 Å². The van der Waals surface area contributed by atoms with E-state index in [1.165, 1.54) is 12.1 Å². The number of rotatable bonds is 2. The first kappa shape index (κ1) is 15.1. The summed E-state index contributed by atoms with van der Waals surface area (Å²) in [7, 11) is 0. The second-order valence-electron chi connectivity index (χ2n) is 4.92. The van der Waals surface area contributed by atoms with Crippen LogP contribution in [0.1, 0.15) is 17.5 Å². The lowest BCUT2D eigenvalue weighted by molar-refractivity contribution is -0.137. The molecule has 1 atom stereocenters. The molecule has 3 nitrogen and oxygen atoms in total. The molecule has 0 N–H and O–H groups in total. The first-order chi connectivity index (χ1) is 10.4. The van der Waals surface area contributed by atoms with Gasteiger partial charge in [-0.05, 0) is 40.0 Å². The molecule has 7 heteroatoms. The lowest BCUT2D eigenvalue weighted by atomic mass is 10.0. The van der Waals surface area contributed by atoms with Crippen LogP contribution in [0.5, 0.6) is 0 Å². The molecule has 116 valence electrons.